The van der Waals surface area contributed by atoms with Gasteiger partial charge >= 0.3 is 0 Å². The van der Waals surface area contributed by atoms with E-state index in [0.717, 1.165) is 19.3 Å². The SMILES string of the molecule is CCO.OCC1=CCCC(Cc2c[nH]c(=S)[nH]2)C1. The first-order valence-corrected chi connectivity index (χ1v) is 6.76. The molecule has 1 heterocycles. The van der Waals surface area contributed by atoms with Crippen LogP contribution in [0.2, 0.25) is 0 Å². The standard InChI is InChI=1S/C11H16N2OS.C2H6O/c14-7-9-3-1-2-8(4-9)5-10-6-12-11(15)13-10;1-2-3/h3,6,8,14H,1-2,4-5,7H2,(H2,12,13,15);3H,2H2,1H3. The maximum atomic E-state index is 9.08. The van der Waals surface area contributed by atoms with E-state index in [4.69, 9.17) is 22.4 Å². The quantitative estimate of drug-likeness (QED) is 0.503. The maximum absolute atomic E-state index is 9.08. The minimum Gasteiger partial charge on any atom is -0.397 e. The van der Waals surface area contributed by atoms with Crippen LogP contribution in [0.25, 0.3) is 0 Å². The largest absolute Gasteiger partial charge is 0.397 e. The van der Waals surface area contributed by atoms with Crippen molar-refractivity contribution in [2.24, 2.45) is 5.92 Å². The van der Waals surface area contributed by atoms with Gasteiger partial charge in [-0.05, 0) is 56.3 Å². The molecule has 102 valence electrons. The van der Waals surface area contributed by atoms with Crippen molar-refractivity contribution in [2.45, 2.75) is 32.6 Å². The fourth-order valence-corrected chi connectivity index (χ4v) is 2.36. The second kappa shape index (κ2) is 8.24. The molecule has 4 nitrogen and oxygen atoms in total. The number of aliphatic hydroxyl groups excluding tert-OH is 2. The lowest BCUT2D eigenvalue weighted by molar-refractivity contribution is 0.310. The number of aliphatic hydroxyl groups is 2. The summed E-state index contributed by atoms with van der Waals surface area (Å²) in [6.07, 6.45) is 8.43. The van der Waals surface area contributed by atoms with Gasteiger partial charge in [0.1, 0.15) is 0 Å². The molecule has 4 N–H and O–H groups in total. The van der Waals surface area contributed by atoms with Gasteiger partial charge in [-0.15, -0.1) is 0 Å². The van der Waals surface area contributed by atoms with Crippen molar-refractivity contribution in [3.63, 3.8) is 0 Å². The van der Waals surface area contributed by atoms with Crippen LogP contribution in [0, 0.1) is 10.7 Å². The van der Waals surface area contributed by atoms with Gasteiger partial charge in [-0.25, -0.2) is 0 Å². The summed E-state index contributed by atoms with van der Waals surface area (Å²) in [5, 5.41) is 16.6. The summed E-state index contributed by atoms with van der Waals surface area (Å²) in [6, 6.07) is 0. The molecule has 0 saturated heterocycles. The molecule has 18 heavy (non-hydrogen) atoms. The highest BCUT2D eigenvalue weighted by atomic mass is 32.1. The van der Waals surface area contributed by atoms with E-state index in [1.54, 1.807) is 6.92 Å². The summed E-state index contributed by atoms with van der Waals surface area (Å²) in [5.41, 5.74) is 2.35. The van der Waals surface area contributed by atoms with E-state index < -0.39 is 0 Å². The van der Waals surface area contributed by atoms with Crippen LogP contribution in [0.4, 0.5) is 0 Å². The summed E-state index contributed by atoms with van der Waals surface area (Å²) in [7, 11) is 0. The summed E-state index contributed by atoms with van der Waals surface area (Å²) < 4.78 is 0.693. The third-order valence-corrected chi connectivity index (χ3v) is 3.14. The Labute approximate surface area is 113 Å². The Bertz CT molecular complexity index is 423. The molecule has 0 saturated carbocycles. The van der Waals surface area contributed by atoms with Crippen molar-refractivity contribution >= 4 is 12.2 Å². The molecule has 0 fully saturated rings. The topological polar surface area (TPSA) is 72.0 Å². The number of imidazole rings is 1. The Hall–Kier alpha value is -0.910. The van der Waals surface area contributed by atoms with Crippen molar-refractivity contribution < 1.29 is 10.2 Å². The van der Waals surface area contributed by atoms with Crippen molar-refractivity contribution in [1.82, 2.24) is 9.97 Å². The van der Waals surface area contributed by atoms with E-state index in [9.17, 15) is 0 Å². The Balaban J connectivity index is 0.000000492. The number of H-pyrrole nitrogens is 2. The number of aromatic amines is 2. The number of hydrogen-bond acceptors (Lipinski definition) is 3. The Morgan fingerprint density at radius 3 is 2.72 bits per heavy atom. The number of nitrogens with one attached hydrogen (secondary N) is 2. The molecule has 0 aromatic carbocycles. The normalized spacial score (nSPS) is 18.8. The molecule has 1 unspecified atom stereocenters. The van der Waals surface area contributed by atoms with Gasteiger partial charge in [-0.1, -0.05) is 6.08 Å². The molecular weight excluding hydrogens is 248 g/mol. The molecule has 1 atom stereocenters. The van der Waals surface area contributed by atoms with Crippen LogP contribution >= 0.6 is 12.2 Å². The van der Waals surface area contributed by atoms with Crippen LogP contribution in [-0.2, 0) is 6.42 Å². The third-order valence-electron chi connectivity index (χ3n) is 2.92. The van der Waals surface area contributed by atoms with Gasteiger partial charge in [0.15, 0.2) is 4.77 Å². The molecule has 0 amide bonds. The zero-order chi connectivity index (χ0) is 13.4. The fraction of sp³-hybridized carbons (Fsp3) is 0.615. The number of rotatable bonds is 3. The Morgan fingerprint density at radius 1 is 1.44 bits per heavy atom. The second-order valence-corrected chi connectivity index (χ2v) is 4.86. The molecule has 0 spiro atoms. The molecule has 0 radical (unpaired) electrons. The van der Waals surface area contributed by atoms with Gasteiger partial charge in [0, 0.05) is 18.5 Å². The lowest BCUT2D eigenvalue weighted by Gasteiger charge is -2.21. The van der Waals surface area contributed by atoms with Gasteiger partial charge < -0.3 is 20.2 Å². The minimum atomic E-state index is 0.208. The van der Waals surface area contributed by atoms with E-state index in [2.05, 4.69) is 16.0 Å². The van der Waals surface area contributed by atoms with E-state index in [-0.39, 0.29) is 13.2 Å². The molecule has 5 heteroatoms. The minimum absolute atomic E-state index is 0.208. The van der Waals surface area contributed by atoms with Crippen LogP contribution in [0.15, 0.2) is 17.8 Å². The fourth-order valence-electron chi connectivity index (χ4n) is 2.17. The zero-order valence-electron chi connectivity index (χ0n) is 10.8. The summed E-state index contributed by atoms with van der Waals surface area (Å²) in [6.45, 7) is 2.14. The van der Waals surface area contributed by atoms with Crippen LogP contribution in [0.5, 0.6) is 0 Å². The molecular formula is C13H22N2O2S. The van der Waals surface area contributed by atoms with Crippen LogP contribution < -0.4 is 0 Å². The summed E-state index contributed by atoms with van der Waals surface area (Å²) in [5.74, 6) is 0.638. The van der Waals surface area contributed by atoms with Gasteiger partial charge in [0.25, 0.3) is 0 Å². The Morgan fingerprint density at radius 2 is 2.17 bits per heavy atom. The zero-order valence-corrected chi connectivity index (χ0v) is 11.6. The average molecular weight is 270 g/mol. The molecule has 0 aliphatic heterocycles. The molecule has 1 aliphatic rings. The first-order chi connectivity index (χ1) is 8.69. The molecule has 2 rings (SSSR count). The number of aromatic nitrogens is 2. The molecule has 0 bridgehead atoms. The predicted molar refractivity (Wildman–Crippen MR) is 75.0 cm³/mol. The van der Waals surface area contributed by atoms with Crippen molar-refractivity contribution in [2.75, 3.05) is 13.2 Å². The average Bonchev–Trinajstić information content (AvgIpc) is 2.76. The maximum Gasteiger partial charge on any atom is 0.174 e. The first kappa shape index (κ1) is 15.1. The highest BCUT2D eigenvalue weighted by Gasteiger charge is 2.15. The first-order valence-electron chi connectivity index (χ1n) is 6.35. The van der Waals surface area contributed by atoms with Crippen LogP contribution in [0.3, 0.4) is 0 Å². The lowest BCUT2D eigenvalue weighted by atomic mass is 9.86. The van der Waals surface area contributed by atoms with Crippen LogP contribution in [0.1, 0.15) is 31.9 Å². The van der Waals surface area contributed by atoms with Crippen molar-refractivity contribution in [3.8, 4) is 0 Å². The molecule has 1 aromatic heterocycles. The summed E-state index contributed by atoms with van der Waals surface area (Å²) >= 11 is 4.98. The van der Waals surface area contributed by atoms with Crippen molar-refractivity contribution in [3.05, 3.63) is 28.3 Å². The summed E-state index contributed by atoms with van der Waals surface area (Å²) in [4.78, 5) is 6.11. The number of hydrogen-bond donors (Lipinski definition) is 4. The van der Waals surface area contributed by atoms with E-state index in [1.165, 1.54) is 17.7 Å². The highest BCUT2D eigenvalue weighted by Crippen LogP contribution is 2.26. The van der Waals surface area contributed by atoms with Crippen LogP contribution in [-0.4, -0.2) is 33.4 Å². The second-order valence-electron chi connectivity index (χ2n) is 4.46. The smallest absolute Gasteiger partial charge is 0.174 e. The number of allylic oxidation sites excluding steroid dienone is 1. The van der Waals surface area contributed by atoms with Gasteiger partial charge in [-0.2, -0.15) is 0 Å². The van der Waals surface area contributed by atoms with E-state index >= 15 is 0 Å². The van der Waals surface area contributed by atoms with E-state index in [1.807, 2.05) is 6.20 Å². The molecule has 1 aliphatic carbocycles. The lowest BCUT2D eigenvalue weighted by Crippen LogP contribution is -2.11. The van der Waals surface area contributed by atoms with Crippen molar-refractivity contribution in [1.29, 1.82) is 0 Å². The van der Waals surface area contributed by atoms with Gasteiger partial charge in [-0.3, -0.25) is 0 Å². The molecule has 1 aromatic rings. The highest BCUT2D eigenvalue weighted by molar-refractivity contribution is 7.71. The van der Waals surface area contributed by atoms with Gasteiger partial charge in [0.2, 0.25) is 0 Å². The Kier molecular flexibility index (Phi) is 6.93. The third kappa shape index (κ3) is 5.16. The van der Waals surface area contributed by atoms with Gasteiger partial charge in [0.05, 0.1) is 6.61 Å². The van der Waals surface area contributed by atoms with E-state index in [0.29, 0.717) is 10.7 Å². The monoisotopic (exact) mass is 270 g/mol. The predicted octanol–water partition coefficient (Wildman–Crippen LogP) is 2.33.